The first-order valence-electron chi connectivity index (χ1n) is 10.6. The third-order valence-corrected chi connectivity index (χ3v) is 6.58. The average molecular weight is 506 g/mol. The molecular formula is C22H27N5O5S2. The number of benzene rings is 2. The maximum atomic E-state index is 8.16. The Hall–Kier alpha value is -2.74. The molecule has 0 aliphatic heterocycles. The Balaban J connectivity index is 0.00000158. The number of thiazole rings is 1. The number of aliphatic hydroxyl groups is 1. The molecule has 0 amide bonds. The molecule has 10 nitrogen and oxygen atoms in total. The van der Waals surface area contributed by atoms with Crippen molar-refractivity contribution < 1.29 is 23.9 Å². The van der Waals surface area contributed by atoms with E-state index in [1.807, 2.05) is 16.8 Å². The SMILES string of the molecule is CCC(CC)C(c1ccc(Nc2nc3ccc(OSOOO)cc3s2)cc1)n1cncn1.CO. The van der Waals surface area contributed by atoms with Gasteiger partial charge >= 0.3 is 0 Å². The van der Waals surface area contributed by atoms with Crippen LogP contribution < -0.4 is 9.50 Å². The van der Waals surface area contributed by atoms with Crippen molar-refractivity contribution in [2.24, 2.45) is 5.92 Å². The number of nitrogens with one attached hydrogen (secondary N) is 1. The molecule has 2 heterocycles. The normalized spacial score (nSPS) is 11.8. The maximum absolute atomic E-state index is 8.16. The number of nitrogens with zero attached hydrogens (tertiary/aromatic N) is 4. The van der Waals surface area contributed by atoms with E-state index in [1.54, 1.807) is 18.7 Å². The number of hydrogen-bond acceptors (Lipinski definition) is 11. The van der Waals surface area contributed by atoms with Gasteiger partial charge < -0.3 is 14.6 Å². The molecule has 34 heavy (non-hydrogen) atoms. The van der Waals surface area contributed by atoms with Crippen molar-refractivity contribution in [1.29, 1.82) is 0 Å². The van der Waals surface area contributed by atoms with Gasteiger partial charge in [0.15, 0.2) is 5.13 Å². The molecule has 12 heteroatoms. The second-order valence-corrected chi connectivity index (χ2v) is 8.56. The molecule has 0 bridgehead atoms. The summed E-state index contributed by atoms with van der Waals surface area (Å²) in [6, 6.07) is 14.0. The summed E-state index contributed by atoms with van der Waals surface area (Å²) in [5.41, 5.74) is 3.01. The number of aliphatic hydroxyl groups excluding tert-OH is 1. The first-order valence-corrected chi connectivity index (χ1v) is 12.1. The smallest absolute Gasteiger partial charge is 0.261 e. The Morgan fingerprint density at radius 1 is 1.12 bits per heavy atom. The lowest BCUT2D eigenvalue weighted by Gasteiger charge is -2.26. The largest absolute Gasteiger partial charge is 0.400 e. The average Bonchev–Trinajstić information content (AvgIpc) is 3.54. The van der Waals surface area contributed by atoms with Crippen molar-refractivity contribution in [1.82, 2.24) is 19.7 Å². The molecule has 0 aliphatic rings. The van der Waals surface area contributed by atoms with Gasteiger partial charge in [-0.15, -0.1) is 0 Å². The van der Waals surface area contributed by atoms with Gasteiger partial charge in [0.25, 0.3) is 12.3 Å². The minimum atomic E-state index is 0.153. The lowest BCUT2D eigenvalue weighted by molar-refractivity contribution is -0.433. The second-order valence-electron chi connectivity index (χ2n) is 7.09. The van der Waals surface area contributed by atoms with Gasteiger partial charge in [0.05, 0.1) is 16.3 Å². The van der Waals surface area contributed by atoms with Crippen LogP contribution in [-0.4, -0.2) is 37.2 Å². The molecule has 1 unspecified atom stereocenters. The van der Waals surface area contributed by atoms with Crippen LogP contribution in [0.25, 0.3) is 10.2 Å². The first-order chi connectivity index (χ1) is 16.7. The molecule has 0 saturated heterocycles. The Bertz CT molecular complexity index is 1120. The van der Waals surface area contributed by atoms with E-state index < -0.39 is 0 Å². The summed E-state index contributed by atoms with van der Waals surface area (Å²) in [6.45, 7) is 4.42. The van der Waals surface area contributed by atoms with Crippen molar-refractivity contribution in [3.05, 3.63) is 60.7 Å². The standard InChI is InChI=1S/C21H23N5O4S2.CH4O/c1-3-14(4-2)20(26-13-22-12-23-26)15-5-7-16(8-6-15)24-21-25-18-10-9-17(11-19(18)31-21)28-32-30-29-27;1-2/h5-14,20,27H,3-4H2,1-2H3,(H,24,25);2H,1H3. The molecule has 0 fully saturated rings. The predicted octanol–water partition coefficient (Wildman–Crippen LogP) is 5.63. The Labute approximate surface area is 205 Å². The van der Waals surface area contributed by atoms with Crippen LogP contribution >= 0.6 is 23.7 Å². The lowest BCUT2D eigenvalue weighted by atomic mass is 9.89. The fourth-order valence-electron chi connectivity index (χ4n) is 3.70. The number of hydrogen-bond donors (Lipinski definition) is 3. The van der Waals surface area contributed by atoms with Crippen LogP contribution in [0, 0.1) is 5.92 Å². The Morgan fingerprint density at radius 3 is 2.53 bits per heavy atom. The van der Waals surface area contributed by atoms with Crippen molar-refractivity contribution in [3.63, 3.8) is 0 Å². The quantitative estimate of drug-likeness (QED) is 0.102. The molecule has 2 aromatic heterocycles. The van der Waals surface area contributed by atoms with Gasteiger partial charge in [0.2, 0.25) is 0 Å². The highest BCUT2D eigenvalue weighted by Crippen LogP contribution is 2.34. The van der Waals surface area contributed by atoms with E-state index in [0.29, 0.717) is 24.0 Å². The molecule has 4 rings (SSSR count). The van der Waals surface area contributed by atoms with Crippen LogP contribution in [0.2, 0.25) is 0 Å². The summed E-state index contributed by atoms with van der Waals surface area (Å²) in [5, 5.41) is 27.2. The first kappa shape index (κ1) is 25.9. The highest BCUT2D eigenvalue weighted by Gasteiger charge is 2.23. The Morgan fingerprint density at radius 2 is 1.88 bits per heavy atom. The van der Waals surface area contributed by atoms with Crippen LogP contribution in [0.15, 0.2) is 55.1 Å². The number of rotatable bonds is 11. The maximum Gasteiger partial charge on any atom is 0.261 e. The zero-order valence-electron chi connectivity index (χ0n) is 19.0. The third-order valence-electron chi connectivity index (χ3n) is 5.27. The zero-order chi connectivity index (χ0) is 24.3. The van der Waals surface area contributed by atoms with Gasteiger partial charge in [0, 0.05) is 18.9 Å². The minimum absolute atomic E-state index is 0.153. The summed E-state index contributed by atoms with van der Waals surface area (Å²) in [4.78, 5) is 8.76. The molecule has 3 N–H and O–H groups in total. The molecule has 4 aromatic rings. The van der Waals surface area contributed by atoms with Crippen molar-refractivity contribution >= 4 is 44.7 Å². The van der Waals surface area contributed by atoms with Crippen LogP contribution in [0.5, 0.6) is 5.75 Å². The van der Waals surface area contributed by atoms with Gasteiger partial charge in [-0.05, 0) is 35.7 Å². The van der Waals surface area contributed by atoms with E-state index in [0.717, 1.165) is 41.0 Å². The number of aromatic nitrogens is 4. The van der Waals surface area contributed by atoms with Gasteiger partial charge in [0.1, 0.15) is 18.4 Å². The predicted molar refractivity (Wildman–Crippen MR) is 133 cm³/mol. The monoisotopic (exact) mass is 505 g/mol. The molecule has 2 aromatic carbocycles. The second kappa shape index (κ2) is 13.2. The zero-order valence-corrected chi connectivity index (χ0v) is 20.6. The summed E-state index contributed by atoms with van der Waals surface area (Å²) in [5.74, 6) is 1.03. The van der Waals surface area contributed by atoms with Crippen LogP contribution in [0.1, 0.15) is 38.3 Å². The van der Waals surface area contributed by atoms with Crippen LogP contribution in [0.4, 0.5) is 10.8 Å². The summed E-state index contributed by atoms with van der Waals surface area (Å²) < 4.78 is 12.4. The van der Waals surface area contributed by atoms with Gasteiger partial charge in [-0.2, -0.15) is 5.10 Å². The fourth-order valence-corrected chi connectivity index (χ4v) is 4.85. The summed E-state index contributed by atoms with van der Waals surface area (Å²) >= 11 is 2.03. The number of anilines is 2. The van der Waals surface area contributed by atoms with E-state index in [4.69, 9.17) is 14.5 Å². The summed E-state index contributed by atoms with van der Waals surface area (Å²) in [6.07, 6.45) is 5.50. The molecule has 0 aliphatic carbocycles. The lowest BCUT2D eigenvalue weighted by Crippen LogP contribution is -2.20. The third kappa shape index (κ3) is 6.44. The van der Waals surface area contributed by atoms with Crippen molar-refractivity contribution in [3.8, 4) is 5.75 Å². The van der Waals surface area contributed by atoms with Crippen LogP contribution in [-0.2, 0) is 9.37 Å². The molecule has 182 valence electrons. The molecular weight excluding hydrogens is 478 g/mol. The molecule has 0 radical (unpaired) electrons. The van der Waals surface area contributed by atoms with Crippen molar-refractivity contribution in [2.75, 3.05) is 12.4 Å². The van der Waals surface area contributed by atoms with Crippen LogP contribution in [0.3, 0.4) is 0 Å². The molecule has 1 atom stereocenters. The topological polar surface area (TPSA) is 124 Å². The Kier molecular flexibility index (Phi) is 10.1. The van der Waals surface area contributed by atoms with E-state index >= 15 is 0 Å². The highest BCUT2D eigenvalue weighted by atomic mass is 32.2. The van der Waals surface area contributed by atoms with Gasteiger partial charge in [-0.25, -0.2) is 19.9 Å². The summed E-state index contributed by atoms with van der Waals surface area (Å²) in [7, 11) is 1.00. The minimum Gasteiger partial charge on any atom is -0.400 e. The van der Waals surface area contributed by atoms with E-state index in [2.05, 4.69) is 67.9 Å². The van der Waals surface area contributed by atoms with Gasteiger partial charge in [-0.3, -0.25) is 0 Å². The van der Waals surface area contributed by atoms with E-state index in [-0.39, 0.29) is 6.04 Å². The number of fused-ring (bicyclic) bond motifs is 1. The van der Waals surface area contributed by atoms with Crippen molar-refractivity contribution in [2.45, 2.75) is 32.7 Å². The molecule has 0 saturated carbocycles. The molecule has 0 spiro atoms. The highest BCUT2D eigenvalue weighted by molar-refractivity contribution is 7.90. The van der Waals surface area contributed by atoms with Gasteiger partial charge in [-0.1, -0.05) is 59.5 Å². The van der Waals surface area contributed by atoms with E-state index in [1.165, 1.54) is 16.9 Å². The van der Waals surface area contributed by atoms with E-state index in [9.17, 15) is 0 Å². The fraction of sp³-hybridized carbons (Fsp3) is 0.318.